The van der Waals surface area contributed by atoms with Gasteiger partial charge in [-0.05, 0) is 37.4 Å². The largest absolute Gasteiger partial charge is 0.573 e. The molecule has 15 heavy (non-hydrogen) atoms. The van der Waals surface area contributed by atoms with Gasteiger partial charge in [0, 0.05) is 5.69 Å². The molecule has 0 heterocycles. The third-order valence-corrected chi connectivity index (χ3v) is 1.50. The quantitative estimate of drug-likeness (QED) is 0.836. The normalized spacial score (nSPS) is 11.7. The lowest BCUT2D eigenvalue weighted by Gasteiger charge is -2.09. The van der Waals surface area contributed by atoms with Crippen LogP contribution in [0.2, 0.25) is 0 Å². The molecule has 0 bridgehead atoms. The molecule has 5 heteroatoms. The minimum atomic E-state index is -4.64. The van der Waals surface area contributed by atoms with Crippen LogP contribution >= 0.6 is 0 Å². The Hall–Kier alpha value is -1.65. The molecule has 2 nitrogen and oxygen atoms in total. The molecule has 0 atom stereocenters. The Morgan fingerprint density at radius 1 is 1.20 bits per heavy atom. The molecule has 0 aromatic heterocycles. The van der Waals surface area contributed by atoms with E-state index in [4.69, 9.17) is 0 Å². The summed E-state index contributed by atoms with van der Waals surface area (Å²) in [6.45, 7) is 1.83. The zero-order valence-corrected chi connectivity index (χ0v) is 8.01. The first-order chi connectivity index (χ1) is 7.01. The number of nitrogens with one attached hydrogen (secondary N) is 1. The highest BCUT2D eigenvalue weighted by molar-refractivity contribution is 5.48. The molecule has 0 aliphatic heterocycles. The monoisotopic (exact) mass is 217 g/mol. The predicted octanol–water partition coefficient (Wildman–Crippen LogP) is 3.53. The SMILES string of the molecule is CC=CNc1ccc(OC(F)(F)F)cc1. The van der Waals surface area contributed by atoms with Crippen LogP contribution in [-0.4, -0.2) is 6.36 Å². The van der Waals surface area contributed by atoms with E-state index >= 15 is 0 Å². The van der Waals surface area contributed by atoms with Crippen molar-refractivity contribution >= 4 is 5.69 Å². The van der Waals surface area contributed by atoms with Crippen molar-refractivity contribution in [1.29, 1.82) is 0 Å². The molecule has 0 saturated heterocycles. The van der Waals surface area contributed by atoms with E-state index in [2.05, 4.69) is 10.1 Å². The molecule has 0 amide bonds. The van der Waals surface area contributed by atoms with E-state index in [0.717, 1.165) is 0 Å². The highest BCUT2D eigenvalue weighted by Gasteiger charge is 2.30. The molecule has 1 aromatic rings. The Bertz CT molecular complexity index is 330. The lowest BCUT2D eigenvalue weighted by atomic mass is 10.3. The first-order valence-corrected chi connectivity index (χ1v) is 4.25. The molecule has 0 aliphatic rings. The van der Waals surface area contributed by atoms with Gasteiger partial charge in [0.25, 0.3) is 0 Å². The highest BCUT2D eigenvalue weighted by Crippen LogP contribution is 2.23. The molecule has 0 aliphatic carbocycles. The van der Waals surface area contributed by atoms with E-state index < -0.39 is 6.36 Å². The van der Waals surface area contributed by atoms with Crippen molar-refractivity contribution < 1.29 is 17.9 Å². The number of anilines is 1. The average Bonchev–Trinajstić information content (AvgIpc) is 2.14. The van der Waals surface area contributed by atoms with Crippen LogP contribution < -0.4 is 10.1 Å². The number of benzene rings is 1. The second-order valence-corrected chi connectivity index (χ2v) is 2.72. The minimum absolute atomic E-state index is 0.228. The van der Waals surface area contributed by atoms with Gasteiger partial charge in [-0.2, -0.15) is 0 Å². The summed E-state index contributed by atoms with van der Waals surface area (Å²) in [5, 5.41) is 2.87. The minimum Gasteiger partial charge on any atom is -0.406 e. The predicted molar refractivity (Wildman–Crippen MR) is 51.6 cm³/mol. The molecular weight excluding hydrogens is 207 g/mol. The van der Waals surface area contributed by atoms with E-state index in [1.807, 2.05) is 6.92 Å². The zero-order chi connectivity index (χ0) is 11.3. The number of alkyl halides is 3. The van der Waals surface area contributed by atoms with Crippen LogP contribution in [0.25, 0.3) is 0 Å². The van der Waals surface area contributed by atoms with Gasteiger partial charge in [-0.15, -0.1) is 13.2 Å². The van der Waals surface area contributed by atoms with Crippen LogP contribution in [0, 0.1) is 0 Å². The van der Waals surface area contributed by atoms with Gasteiger partial charge < -0.3 is 10.1 Å². The average molecular weight is 217 g/mol. The van der Waals surface area contributed by atoms with E-state index in [0.29, 0.717) is 5.69 Å². The van der Waals surface area contributed by atoms with Crippen molar-refractivity contribution in [1.82, 2.24) is 0 Å². The molecule has 1 rings (SSSR count). The fraction of sp³-hybridized carbons (Fsp3) is 0.200. The van der Waals surface area contributed by atoms with Gasteiger partial charge in [-0.25, -0.2) is 0 Å². The second-order valence-electron chi connectivity index (χ2n) is 2.72. The summed E-state index contributed by atoms with van der Waals surface area (Å²) >= 11 is 0. The number of halogens is 3. The van der Waals surface area contributed by atoms with Crippen LogP contribution in [-0.2, 0) is 0 Å². The lowest BCUT2D eigenvalue weighted by Crippen LogP contribution is -2.16. The summed E-state index contributed by atoms with van der Waals surface area (Å²) in [6, 6.07) is 5.50. The second kappa shape index (κ2) is 4.72. The summed E-state index contributed by atoms with van der Waals surface area (Å²) in [5.41, 5.74) is 0.697. The Kier molecular flexibility index (Phi) is 3.60. The number of allylic oxidation sites excluding steroid dienone is 1. The topological polar surface area (TPSA) is 21.3 Å². The summed E-state index contributed by atoms with van der Waals surface area (Å²) in [4.78, 5) is 0. The maximum absolute atomic E-state index is 11.8. The molecule has 1 N–H and O–H groups in total. The molecular formula is C10H10F3NO. The summed E-state index contributed by atoms with van der Waals surface area (Å²) < 4.78 is 39.1. The maximum atomic E-state index is 11.8. The summed E-state index contributed by atoms with van der Waals surface area (Å²) in [7, 11) is 0. The van der Waals surface area contributed by atoms with Crippen LogP contribution in [0.5, 0.6) is 5.75 Å². The van der Waals surface area contributed by atoms with E-state index in [-0.39, 0.29) is 5.75 Å². The Labute approximate surface area is 85.4 Å². The van der Waals surface area contributed by atoms with E-state index in [1.54, 1.807) is 12.3 Å². The summed E-state index contributed by atoms with van der Waals surface area (Å²) in [6.07, 6.45) is -1.18. The van der Waals surface area contributed by atoms with E-state index in [9.17, 15) is 13.2 Å². The van der Waals surface area contributed by atoms with Crippen molar-refractivity contribution in [2.75, 3.05) is 5.32 Å². The standard InChI is InChI=1S/C10H10F3NO/c1-2-7-14-8-3-5-9(6-4-8)15-10(11,12)13/h2-7,14H,1H3. The van der Waals surface area contributed by atoms with Crippen molar-refractivity contribution in [3.05, 3.63) is 36.5 Å². The zero-order valence-electron chi connectivity index (χ0n) is 8.01. The highest BCUT2D eigenvalue weighted by atomic mass is 19.4. The summed E-state index contributed by atoms with van der Waals surface area (Å²) in [5.74, 6) is -0.228. The van der Waals surface area contributed by atoms with Crippen LogP contribution in [0.3, 0.4) is 0 Å². The van der Waals surface area contributed by atoms with Gasteiger partial charge in [0.2, 0.25) is 0 Å². The van der Waals surface area contributed by atoms with Crippen molar-refractivity contribution in [3.63, 3.8) is 0 Å². The van der Waals surface area contributed by atoms with E-state index in [1.165, 1.54) is 24.3 Å². The fourth-order valence-electron chi connectivity index (χ4n) is 0.932. The Morgan fingerprint density at radius 2 is 1.80 bits per heavy atom. The Morgan fingerprint density at radius 3 is 2.27 bits per heavy atom. The van der Waals surface area contributed by atoms with Gasteiger partial charge in [-0.3, -0.25) is 0 Å². The van der Waals surface area contributed by atoms with Gasteiger partial charge in [0.15, 0.2) is 0 Å². The van der Waals surface area contributed by atoms with Crippen molar-refractivity contribution in [2.24, 2.45) is 0 Å². The Balaban J connectivity index is 2.64. The molecule has 1 aromatic carbocycles. The van der Waals surface area contributed by atoms with Crippen LogP contribution in [0.1, 0.15) is 6.92 Å². The number of rotatable bonds is 3. The molecule has 82 valence electrons. The van der Waals surface area contributed by atoms with Crippen LogP contribution in [0.15, 0.2) is 36.5 Å². The smallest absolute Gasteiger partial charge is 0.406 e. The van der Waals surface area contributed by atoms with Gasteiger partial charge in [-0.1, -0.05) is 6.08 Å². The molecule has 0 radical (unpaired) electrons. The third-order valence-electron chi connectivity index (χ3n) is 1.50. The molecule has 0 spiro atoms. The molecule has 0 saturated carbocycles. The van der Waals surface area contributed by atoms with Gasteiger partial charge >= 0.3 is 6.36 Å². The third kappa shape index (κ3) is 4.39. The fourth-order valence-corrected chi connectivity index (χ4v) is 0.932. The lowest BCUT2D eigenvalue weighted by molar-refractivity contribution is -0.274. The number of hydrogen-bond donors (Lipinski definition) is 1. The first-order valence-electron chi connectivity index (χ1n) is 4.25. The maximum Gasteiger partial charge on any atom is 0.573 e. The first kappa shape index (κ1) is 11.4. The van der Waals surface area contributed by atoms with Crippen molar-refractivity contribution in [2.45, 2.75) is 13.3 Å². The van der Waals surface area contributed by atoms with Gasteiger partial charge in [0.1, 0.15) is 5.75 Å². The molecule has 0 unspecified atom stereocenters. The van der Waals surface area contributed by atoms with Crippen molar-refractivity contribution in [3.8, 4) is 5.75 Å². The van der Waals surface area contributed by atoms with Crippen LogP contribution in [0.4, 0.5) is 18.9 Å². The van der Waals surface area contributed by atoms with Gasteiger partial charge in [0.05, 0.1) is 0 Å². The molecule has 0 fully saturated rings. The number of ether oxygens (including phenoxy) is 1. The number of hydrogen-bond acceptors (Lipinski definition) is 2.